The third kappa shape index (κ3) is 4.77. The molecule has 0 aliphatic carbocycles. The van der Waals surface area contributed by atoms with Gasteiger partial charge in [0.05, 0.1) is 11.5 Å². The zero-order chi connectivity index (χ0) is 18.7. The molecule has 0 radical (unpaired) electrons. The van der Waals surface area contributed by atoms with Gasteiger partial charge in [0.1, 0.15) is 5.54 Å². The molecule has 0 atom stereocenters. The van der Waals surface area contributed by atoms with Gasteiger partial charge in [-0.25, -0.2) is 0 Å². The number of amides is 1. The van der Waals surface area contributed by atoms with Gasteiger partial charge < -0.3 is 10.2 Å². The molecule has 25 heavy (non-hydrogen) atoms. The summed E-state index contributed by atoms with van der Waals surface area (Å²) in [6.45, 7) is 6.35. The number of nitrogens with zero attached hydrogens (tertiary/aromatic N) is 1. The van der Waals surface area contributed by atoms with Crippen LogP contribution >= 0.6 is 12.2 Å². The summed E-state index contributed by atoms with van der Waals surface area (Å²) < 4.78 is 29.2. The number of hydrogen-bond donors (Lipinski definition) is 1. The van der Waals surface area contributed by atoms with E-state index in [9.17, 15) is 13.2 Å². The quantitative estimate of drug-likeness (QED) is 0.421. The molecule has 0 saturated carbocycles. The second-order valence-corrected chi connectivity index (χ2v) is 8.62. The first-order valence-electron chi connectivity index (χ1n) is 8.24. The zero-order valence-corrected chi connectivity index (χ0v) is 16.4. The lowest BCUT2D eigenvalue weighted by atomic mass is 10.0. The number of carbonyl (C=O) groups excluding carboxylic acids is 1. The van der Waals surface area contributed by atoms with Crippen LogP contribution in [-0.4, -0.2) is 43.0 Å². The highest BCUT2D eigenvalue weighted by Gasteiger charge is 2.42. The van der Waals surface area contributed by atoms with E-state index in [0.29, 0.717) is 18.1 Å². The molecule has 0 spiro atoms. The van der Waals surface area contributed by atoms with Crippen LogP contribution < -0.4 is 5.32 Å². The standard InChI is InChI=1S/C17H24N2O4S2/c1-13-7-9-14(10-8-13)25(21,22)23-12-6-4-5-11-19-16(24)18-15(20)17(19,2)3/h7-10H,4-6,11-12H2,1-3H3,(H,18,20,24). The summed E-state index contributed by atoms with van der Waals surface area (Å²) in [6.07, 6.45) is 2.20. The normalized spacial score (nSPS) is 17.0. The van der Waals surface area contributed by atoms with Crippen molar-refractivity contribution in [1.82, 2.24) is 10.2 Å². The van der Waals surface area contributed by atoms with E-state index in [-0.39, 0.29) is 17.4 Å². The molecule has 2 rings (SSSR count). The molecule has 1 aromatic carbocycles. The van der Waals surface area contributed by atoms with Gasteiger partial charge in [-0.2, -0.15) is 8.42 Å². The molecule has 1 aliphatic heterocycles. The molecule has 0 aromatic heterocycles. The topological polar surface area (TPSA) is 75.7 Å². The van der Waals surface area contributed by atoms with Gasteiger partial charge in [0.2, 0.25) is 0 Å². The van der Waals surface area contributed by atoms with E-state index in [1.807, 2.05) is 25.7 Å². The largest absolute Gasteiger partial charge is 0.335 e. The van der Waals surface area contributed by atoms with Gasteiger partial charge in [0.25, 0.3) is 16.0 Å². The van der Waals surface area contributed by atoms with Gasteiger partial charge in [-0.1, -0.05) is 17.7 Å². The second kappa shape index (κ2) is 7.80. The van der Waals surface area contributed by atoms with Gasteiger partial charge in [-0.05, 0) is 64.4 Å². The number of unbranched alkanes of at least 4 members (excludes halogenated alkanes) is 2. The predicted octanol–water partition coefficient (Wildman–Crippen LogP) is 2.37. The zero-order valence-electron chi connectivity index (χ0n) is 14.7. The summed E-state index contributed by atoms with van der Waals surface area (Å²) in [7, 11) is -3.70. The van der Waals surface area contributed by atoms with E-state index >= 15 is 0 Å². The first-order valence-corrected chi connectivity index (χ1v) is 10.1. The number of thiocarbonyl (C=S) groups is 1. The fourth-order valence-electron chi connectivity index (χ4n) is 2.57. The molecule has 1 N–H and O–H groups in total. The third-order valence-electron chi connectivity index (χ3n) is 4.27. The number of nitrogens with one attached hydrogen (secondary N) is 1. The maximum atomic E-state index is 12.1. The van der Waals surface area contributed by atoms with Crippen LogP contribution in [0.5, 0.6) is 0 Å². The van der Waals surface area contributed by atoms with Crippen LogP contribution in [0.15, 0.2) is 29.2 Å². The van der Waals surface area contributed by atoms with Gasteiger partial charge in [0.15, 0.2) is 5.11 Å². The molecule has 1 saturated heterocycles. The molecule has 138 valence electrons. The van der Waals surface area contributed by atoms with E-state index in [1.165, 1.54) is 0 Å². The van der Waals surface area contributed by atoms with Gasteiger partial charge >= 0.3 is 0 Å². The Labute approximate surface area is 154 Å². The fourth-order valence-corrected chi connectivity index (χ4v) is 3.92. The van der Waals surface area contributed by atoms with Crippen LogP contribution in [0.1, 0.15) is 38.7 Å². The van der Waals surface area contributed by atoms with Crippen molar-refractivity contribution < 1.29 is 17.4 Å². The summed E-state index contributed by atoms with van der Waals surface area (Å²) in [5.74, 6) is -0.0926. The fraction of sp³-hybridized carbons (Fsp3) is 0.529. The molecule has 1 fully saturated rings. The summed E-state index contributed by atoms with van der Waals surface area (Å²) in [5, 5.41) is 3.12. The number of carbonyl (C=O) groups is 1. The maximum Gasteiger partial charge on any atom is 0.296 e. The number of benzene rings is 1. The summed E-state index contributed by atoms with van der Waals surface area (Å²) >= 11 is 5.17. The van der Waals surface area contributed by atoms with Gasteiger partial charge in [-0.3, -0.25) is 8.98 Å². The molecule has 1 heterocycles. The van der Waals surface area contributed by atoms with Crippen LogP contribution in [0.2, 0.25) is 0 Å². The Bertz CT molecular complexity index is 742. The van der Waals surface area contributed by atoms with Crippen molar-refractivity contribution in [2.45, 2.75) is 50.5 Å². The van der Waals surface area contributed by atoms with Crippen molar-refractivity contribution in [3.63, 3.8) is 0 Å². The van der Waals surface area contributed by atoms with Crippen LogP contribution in [-0.2, 0) is 19.1 Å². The van der Waals surface area contributed by atoms with E-state index < -0.39 is 15.7 Å². The number of rotatable bonds is 8. The van der Waals surface area contributed by atoms with Crippen molar-refractivity contribution in [2.75, 3.05) is 13.2 Å². The Morgan fingerprint density at radius 3 is 2.36 bits per heavy atom. The third-order valence-corrected chi connectivity index (χ3v) is 5.92. The SMILES string of the molecule is Cc1ccc(S(=O)(=O)OCCCCCN2C(=S)NC(=O)C2(C)C)cc1. The summed E-state index contributed by atoms with van der Waals surface area (Å²) in [5.41, 5.74) is 0.359. The lowest BCUT2D eigenvalue weighted by Gasteiger charge is -2.29. The highest BCUT2D eigenvalue weighted by atomic mass is 32.2. The second-order valence-electron chi connectivity index (χ2n) is 6.62. The first-order chi connectivity index (χ1) is 11.6. The van der Waals surface area contributed by atoms with E-state index in [1.54, 1.807) is 24.3 Å². The minimum Gasteiger partial charge on any atom is -0.335 e. The minimum atomic E-state index is -3.70. The summed E-state index contributed by atoms with van der Waals surface area (Å²) in [6, 6.07) is 6.58. The van der Waals surface area contributed by atoms with Crippen molar-refractivity contribution in [2.24, 2.45) is 0 Å². The molecular weight excluding hydrogens is 360 g/mol. The Balaban J connectivity index is 1.72. The van der Waals surface area contributed by atoms with Crippen molar-refractivity contribution in [3.8, 4) is 0 Å². The molecule has 8 heteroatoms. The van der Waals surface area contributed by atoms with E-state index in [4.69, 9.17) is 16.4 Å². The lowest BCUT2D eigenvalue weighted by molar-refractivity contribution is -0.125. The highest BCUT2D eigenvalue weighted by molar-refractivity contribution is 7.86. The lowest BCUT2D eigenvalue weighted by Crippen LogP contribution is -2.44. The average Bonchev–Trinajstić information content (AvgIpc) is 2.72. The molecule has 6 nitrogen and oxygen atoms in total. The van der Waals surface area contributed by atoms with E-state index in [0.717, 1.165) is 18.4 Å². The number of aryl methyl sites for hydroxylation is 1. The maximum absolute atomic E-state index is 12.1. The molecule has 1 amide bonds. The Morgan fingerprint density at radius 2 is 1.80 bits per heavy atom. The monoisotopic (exact) mass is 384 g/mol. The highest BCUT2D eigenvalue weighted by Crippen LogP contribution is 2.21. The van der Waals surface area contributed by atoms with Crippen LogP contribution in [0.3, 0.4) is 0 Å². The molecule has 0 bridgehead atoms. The van der Waals surface area contributed by atoms with Crippen molar-refractivity contribution >= 4 is 33.4 Å². The molecule has 1 aromatic rings. The number of hydrogen-bond acceptors (Lipinski definition) is 5. The van der Waals surface area contributed by atoms with Gasteiger partial charge in [-0.15, -0.1) is 0 Å². The molecule has 0 unspecified atom stereocenters. The average molecular weight is 385 g/mol. The van der Waals surface area contributed by atoms with Gasteiger partial charge in [0, 0.05) is 6.54 Å². The molecular formula is C17H24N2O4S2. The van der Waals surface area contributed by atoms with E-state index in [2.05, 4.69) is 5.32 Å². The predicted molar refractivity (Wildman–Crippen MR) is 99.7 cm³/mol. The Kier molecular flexibility index (Phi) is 6.18. The minimum absolute atomic E-state index is 0.0926. The first kappa shape index (κ1) is 19.8. The smallest absolute Gasteiger partial charge is 0.296 e. The van der Waals surface area contributed by atoms with Crippen molar-refractivity contribution in [3.05, 3.63) is 29.8 Å². The Morgan fingerprint density at radius 1 is 1.16 bits per heavy atom. The molecule has 1 aliphatic rings. The van der Waals surface area contributed by atoms with Crippen LogP contribution in [0, 0.1) is 6.92 Å². The van der Waals surface area contributed by atoms with Crippen LogP contribution in [0.25, 0.3) is 0 Å². The summed E-state index contributed by atoms with van der Waals surface area (Å²) in [4.78, 5) is 13.8. The Hall–Kier alpha value is -1.51. The van der Waals surface area contributed by atoms with Crippen LogP contribution in [0.4, 0.5) is 0 Å². The van der Waals surface area contributed by atoms with Crippen molar-refractivity contribution in [1.29, 1.82) is 0 Å².